The van der Waals surface area contributed by atoms with Crippen LogP contribution in [0.4, 0.5) is 0 Å². The van der Waals surface area contributed by atoms with Gasteiger partial charge in [-0.05, 0) is 40.0 Å². The van der Waals surface area contributed by atoms with E-state index in [2.05, 4.69) is 45.4 Å². The van der Waals surface area contributed by atoms with E-state index in [9.17, 15) is 0 Å². The molecule has 2 nitrogen and oxygen atoms in total. The van der Waals surface area contributed by atoms with Gasteiger partial charge in [0, 0.05) is 27.3 Å². The summed E-state index contributed by atoms with van der Waals surface area (Å²) in [6.07, 6.45) is 3.64. The van der Waals surface area contributed by atoms with Crippen molar-refractivity contribution in [2.24, 2.45) is 5.73 Å². The summed E-state index contributed by atoms with van der Waals surface area (Å²) in [4.78, 5) is 5.71. The zero-order chi connectivity index (χ0) is 12.3. The summed E-state index contributed by atoms with van der Waals surface area (Å²) in [5.74, 6) is 0. The minimum absolute atomic E-state index is 0.0169. The van der Waals surface area contributed by atoms with E-state index in [1.165, 1.54) is 10.4 Å². The Morgan fingerprint density at radius 1 is 1.53 bits per heavy atom. The lowest BCUT2D eigenvalue weighted by molar-refractivity contribution is 0.692. The molecule has 0 aliphatic heterocycles. The molecule has 90 valence electrons. The number of hydrogen-bond acceptors (Lipinski definition) is 3. The third-order valence-electron chi connectivity index (χ3n) is 2.70. The first-order valence-electron chi connectivity index (χ1n) is 5.63. The number of nitrogens with two attached hydrogens (primary N) is 1. The maximum atomic E-state index is 6.24. The van der Waals surface area contributed by atoms with E-state index in [1.807, 2.05) is 12.3 Å². The van der Waals surface area contributed by atoms with Crippen molar-refractivity contribution in [2.45, 2.75) is 25.8 Å². The van der Waals surface area contributed by atoms with Gasteiger partial charge in [0.2, 0.25) is 0 Å². The fourth-order valence-electron chi connectivity index (χ4n) is 1.86. The highest BCUT2D eigenvalue weighted by molar-refractivity contribution is 9.10. The second kappa shape index (κ2) is 5.76. The van der Waals surface area contributed by atoms with E-state index in [4.69, 9.17) is 5.73 Å². The molecule has 0 spiro atoms. The zero-order valence-corrected chi connectivity index (χ0v) is 12.1. The number of nitrogens with zero attached hydrogens (tertiary/aromatic N) is 1. The molecule has 0 saturated carbocycles. The Balaban J connectivity index is 2.16. The number of rotatable bonds is 4. The first-order chi connectivity index (χ1) is 8.20. The Labute approximate surface area is 114 Å². The van der Waals surface area contributed by atoms with Crippen molar-refractivity contribution >= 4 is 27.3 Å². The number of halogens is 1. The van der Waals surface area contributed by atoms with Crippen molar-refractivity contribution in [3.8, 4) is 0 Å². The Hall–Kier alpha value is -0.710. The van der Waals surface area contributed by atoms with Crippen molar-refractivity contribution in [3.05, 3.63) is 50.4 Å². The second-order valence-electron chi connectivity index (χ2n) is 3.94. The van der Waals surface area contributed by atoms with Crippen LogP contribution in [-0.2, 0) is 12.8 Å². The molecule has 2 aromatic heterocycles. The van der Waals surface area contributed by atoms with Crippen LogP contribution in [-0.4, -0.2) is 4.98 Å². The van der Waals surface area contributed by atoms with Gasteiger partial charge in [-0.3, -0.25) is 4.98 Å². The highest BCUT2D eigenvalue weighted by Gasteiger charge is 2.13. The number of aromatic nitrogens is 1. The molecule has 1 atom stereocenters. The van der Waals surface area contributed by atoms with E-state index >= 15 is 0 Å². The van der Waals surface area contributed by atoms with Crippen molar-refractivity contribution in [2.75, 3.05) is 0 Å². The molecule has 0 aromatic carbocycles. The van der Waals surface area contributed by atoms with Gasteiger partial charge in [-0.25, -0.2) is 0 Å². The Kier molecular flexibility index (Phi) is 4.31. The zero-order valence-electron chi connectivity index (χ0n) is 9.69. The van der Waals surface area contributed by atoms with E-state index in [0.29, 0.717) is 0 Å². The lowest BCUT2D eigenvalue weighted by Gasteiger charge is -2.13. The molecule has 0 fully saturated rings. The SMILES string of the molecule is CCc1cccnc1C(N)Cc1cc(Br)cs1. The van der Waals surface area contributed by atoms with Gasteiger partial charge in [-0.1, -0.05) is 13.0 Å². The van der Waals surface area contributed by atoms with E-state index in [1.54, 1.807) is 11.3 Å². The van der Waals surface area contributed by atoms with Crippen LogP contribution in [0.1, 0.15) is 29.1 Å². The summed E-state index contributed by atoms with van der Waals surface area (Å²) >= 11 is 5.19. The largest absolute Gasteiger partial charge is 0.322 e. The summed E-state index contributed by atoms with van der Waals surface area (Å²) in [5, 5.41) is 2.08. The molecule has 0 aliphatic carbocycles. The molecule has 2 aromatic rings. The minimum Gasteiger partial charge on any atom is -0.322 e. The van der Waals surface area contributed by atoms with Crippen molar-refractivity contribution < 1.29 is 0 Å². The Morgan fingerprint density at radius 3 is 3.00 bits per heavy atom. The monoisotopic (exact) mass is 310 g/mol. The third-order valence-corrected chi connectivity index (χ3v) is 4.42. The fraction of sp³-hybridized carbons (Fsp3) is 0.308. The van der Waals surface area contributed by atoms with E-state index in [0.717, 1.165) is 23.0 Å². The summed E-state index contributed by atoms with van der Waals surface area (Å²) in [5.41, 5.74) is 8.51. The van der Waals surface area contributed by atoms with Crippen LogP contribution >= 0.6 is 27.3 Å². The molecule has 2 heterocycles. The van der Waals surface area contributed by atoms with Crippen LogP contribution in [0.25, 0.3) is 0 Å². The summed E-state index contributed by atoms with van der Waals surface area (Å²) < 4.78 is 1.13. The van der Waals surface area contributed by atoms with Crippen LogP contribution < -0.4 is 5.73 Å². The van der Waals surface area contributed by atoms with Crippen molar-refractivity contribution in [3.63, 3.8) is 0 Å². The van der Waals surface area contributed by atoms with Crippen LogP contribution in [0, 0.1) is 0 Å². The maximum Gasteiger partial charge on any atom is 0.0606 e. The lowest BCUT2D eigenvalue weighted by atomic mass is 10.0. The van der Waals surface area contributed by atoms with Crippen molar-refractivity contribution in [1.29, 1.82) is 0 Å². The smallest absolute Gasteiger partial charge is 0.0606 e. The molecule has 0 bridgehead atoms. The first-order valence-corrected chi connectivity index (χ1v) is 7.30. The molecule has 4 heteroatoms. The van der Waals surface area contributed by atoms with Crippen molar-refractivity contribution in [1.82, 2.24) is 4.98 Å². The van der Waals surface area contributed by atoms with Gasteiger partial charge in [0.05, 0.1) is 11.7 Å². The van der Waals surface area contributed by atoms with Gasteiger partial charge in [-0.2, -0.15) is 0 Å². The Morgan fingerprint density at radius 2 is 2.35 bits per heavy atom. The van der Waals surface area contributed by atoms with Gasteiger partial charge in [-0.15, -0.1) is 11.3 Å². The quantitative estimate of drug-likeness (QED) is 0.935. The standard InChI is InChI=1S/C13H15BrN2S/c1-2-9-4-3-5-16-13(9)12(15)7-11-6-10(14)8-17-11/h3-6,8,12H,2,7,15H2,1H3. The molecule has 0 saturated heterocycles. The predicted molar refractivity (Wildman–Crippen MR) is 76.3 cm³/mol. The first kappa shape index (κ1) is 12.7. The topological polar surface area (TPSA) is 38.9 Å². The molecule has 1 unspecified atom stereocenters. The van der Waals surface area contributed by atoms with Crippen LogP contribution in [0.15, 0.2) is 34.2 Å². The number of aryl methyl sites for hydroxylation is 1. The molecule has 0 radical (unpaired) electrons. The van der Waals surface area contributed by atoms with Crippen LogP contribution in [0.2, 0.25) is 0 Å². The highest BCUT2D eigenvalue weighted by atomic mass is 79.9. The predicted octanol–water partition coefficient (Wildman–Crippen LogP) is 3.71. The summed E-state index contributed by atoms with van der Waals surface area (Å²) in [6.45, 7) is 2.13. The number of thiophene rings is 1. The van der Waals surface area contributed by atoms with Crippen LogP contribution in [0.5, 0.6) is 0 Å². The van der Waals surface area contributed by atoms with Gasteiger partial charge < -0.3 is 5.73 Å². The second-order valence-corrected chi connectivity index (χ2v) is 5.85. The fourth-order valence-corrected chi connectivity index (χ4v) is 3.37. The Bertz CT molecular complexity index is 496. The van der Waals surface area contributed by atoms with Gasteiger partial charge in [0.15, 0.2) is 0 Å². The molecular formula is C13H15BrN2S. The minimum atomic E-state index is -0.0169. The molecule has 2 rings (SSSR count). The normalized spacial score (nSPS) is 12.6. The maximum absolute atomic E-state index is 6.24. The van der Waals surface area contributed by atoms with Gasteiger partial charge >= 0.3 is 0 Å². The molecule has 0 amide bonds. The van der Waals surface area contributed by atoms with Gasteiger partial charge in [0.25, 0.3) is 0 Å². The molecular weight excluding hydrogens is 296 g/mol. The number of hydrogen-bond donors (Lipinski definition) is 1. The highest BCUT2D eigenvalue weighted by Crippen LogP contribution is 2.25. The molecule has 2 N–H and O–H groups in total. The molecule has 17 heavy (non-hydrogen) atoms. The van der Waals surface area contributed by atoms with E-state index in [-0.39, 0.29) is 6.04 Å². The summed E-state index contributed by atoms with van der Waals surface area (Å²) in [6, 6.07) is 6.18. The lowest BCUT2D eigenvalue weighted by Crippen LogP contribution is -2.16. The summed E-state index contributed by atoms with van der Waals surface area (Å²) in [7, 11) is 0. The van der Waals surface area contributed by atoms with Gasteiger partial charge in [0.1, 0.15) is 0 Å². The average molecular weight is 311 g/mol. The average Bonchev–Trinajstić information content (AvgIpc) is 2.74. The van der Waals surface area contributed by atoms with Crippen LogP contribution in [0.3, 0.4) is 0 Å². The number of pyridine rings is 1. The third kappa shape index (κ3) is 3.15. The van der Waals surface area contributed by atoms with E-state index < -0.39 is 0 Å². The molecule has 0 aliphatic rings.